The molecule has 1 aromatic rings. The third-order valence-corrected chi connectivity index (χ3v) is 5.88. The fourth-order valence-electron chi connectivity index (χ4n) is 2.89. The van der Waals surface area contributed by atoms with E-state index >= 15 is 0 Å². The molecule has 1 N–H and O–H groups in total. The highest BCUT2D eigenvalue weighted by atomic mass is 32.2. The van der Waals surface area contributed by atoms with Crippen LogP contribution in [0.25, 0.3) is 0 Å². The minimum absolute atomic E-state index is 0.108. The Hall–Kier alpha value is -1.74. The Balaban J connectivity index is 2.15. The third kappa shape index (κ3) is 5.37. The molecule has 1 saturated heterocycles. The van der Waals surface area contributed by atoms with Crippen LogP contribution in [0, 0.1) is 6.92 Å². The number of ether oxygens (including phenoxy) is 1. The fraction of sp³-hybridized carbons (Fsp3) is 0.688. The molecule has 0 bridgehead atoms. The molecule has 0 aliphatic carbocycles. The molecule has 1 amide bonds. The topological polar surface area (TPSA) is 101 Å². The number of nitrogens with zero attached hydrogens (tertiary/aromatic N) is 3. The first-order chi connectivity index (χ1) is 11.9. The lowest BCUT2D eigenvalue weighted by atomic mass is 10.2. The molecule has 1 atom stereocenters. The maximum absolute atomic E-state index is 12.3. The smallest absolute Gasteiger partial charge is 0.270 e. The monoisotopic (exact) mass is 370 g/mol. The number of methoxy groups -OCH3 is 1. The van der Waals surface area contributed by atoms with Gasteiger partial charge in [-0.05, 0) is 32.8 Å². The summed E-state index contributed by atoms with van der Waals surface area (Å²) in [5, 5.41) is 2.80. The number of nitrogens with one attached hydrogen (secondary N) is 1. The van der Waals surface area contributed by atoms with E-state index < -0.39 is 9.84 Å². The van der Waals surface area contributed by atoms with Crippen LogP contribution < -0.4 is 10.2 Å². The van der Waals surface area contributed by atoms with E-state index in [2.05, 4.69) is 15.3 Å². The Morgan fingerprint density at radius 3 is 2.80 bits per heavy atom. The lowest BCUT2D eigenvalue weighted by Gasteiger charge is -2.27. The Morgan fingerprint density at radius 2 is 2.20 bits per heavy atom. The van der Waals surface area contributed by atoms with Gasteiger partial charge in [0.05, 0.1) is 11.5 Å². The van der Waals surface area contributed by atoms with Gasteiger partial charge in [0.25, 0.3) is 5.91 Å². The molecule has 2 heterocycles. The summed E-state index contributed by atoms with van der Waals surface area (Å²) in [4.78, 5) is 22.9. The molecule has 1 aromatic heterocycles. The van der Waals surface area contributed by atoms with Gasteiger partial charge in [-0.25, -0.2) is 18.4 Å². The zero-order chi connectivity index (χ0) is 18.4. The van der Waals surface area contributed by atoms with E-state index in [0.29, 0.717) is 43.5 Å². The van der Waals surface area contributed by atoms with E-state index in [0.717, 1.165) is 6.42 Å². The molecule has 1 fully saturated rings. The quantitative estimate of drug-likeness (QED) is 0.667. The van der Waals surface area contributed by atoms with Crippen LogP contribution in [0.15, 0.2) is 6.07 Å². The van der Waals surface area contributed by atoms with Gasteiger partial charge >= 0.3 is 0 Å². The normalized spacial score (nSPS) is 18.9. The van der Waals surface area contributed by atoms with Gasteiger partial charge in [0.2, 0.25) is 5.95 Å². The molecule has 1 aliphatic rings. The Morgan fingerprint density at radius 1 is 1.44 bits per heavy atom. The lowest BCUT2D eigenvalue weighted by molar-refractivity contribution is 0.0943. The SMILES string of the molecule is CCN(c1nc(C)cc(C(=O)NCCCOC)n1)C1CCS(=O)(=O)C1. The van der Waals surface area contributed by atoms with Crippen molar-refractivity contribution in [3.05, 3.63) is 17.5 Å². The van der Waals surface area contributed by atoms with Crippen LogP contribution in [0.1, 0.15) is 35.9 Å². The number of carbonyl (C=O) groups is 1. The number of rotatable bonds is 8. The van der Waals surface area contributed by atoms with Gasteiger partial charge in [0, 0.05) is 38.5 Å². The van der Waals surface area contributed by atoms with Gasteiger partial charge in [-0.1, -0.05) is 0 Å². The number of hydrogen-bond donors (Lipinski definition) is 1. The van der Waals surface area contributed by atoms with E-state index in [1.165, 1.54) is 0 Å². The van der Waals surface area contributed by atoms with Crippen molar-refractivity contribution in [3.8, 4) is 0 Å². The van der Waals surface area contributed by atoms with E-state index in [1.807, 2.05) is 11.8 Å². The number of carbonyl (C=O) groups excluding carboxylic acids is 1. The summed E-state index contributed by atoms with van der Waals surface area (Å²) in [5.41, 5.74) is 0.963. The summed E-state index contributed by atoms with van der Waals surface area (Å²) in [5.74, 6) is 0.438. The van der Waals surface area contributed by atoms with Gasteiger partial charge < -0.3 is 15.0 Å². The molecule has 0 radical (unpaired) electrons. The first-order valence-electron chi connectivity index (χ1n) is 8.46. The van der Waals surface area contributed by atoms with Gasteiger partial charge in [-0.2, -0.15) is 0 Å². The van der Waals surface area contributed by atoms with Crippen molar-refractivity contribution in [1.82, 2.24) is 15.3 Å². The lowest BCUT2D eigenvalue weighted by Crippen LogP contribution is -2.38. The second-order valence-electron chi connectivity index (χ2n) is 6.14. The molecule has 8 nitrogen and oxygen atoms in total. The first kappa shape index (κ1) is 19.6. The highest BCUT2D eigenvalue weighted by molar-refractivity contribution is 7.91. The number of sulfone groups is 1. The van der Waals surface area contributed by atoms with Crippen LogP contribution in [0.3, 0.4) is 0 Å². The number of aromatic nitrogens is 2. The molecule has 1 unspecified atom stereocenters. The summed E-state index contributed by atoms with van der Waals surface area (Å²) in [6.07, 6.45) is 1.28. The van der Waals surface area contributed by atoms with Crippen LogP contribution in [0.5, 0.6) is 0 Å². The Labute approximate surface area is 148 Å². The molecular formula is C16H26N4O4S. The maximum Gasteiger partial charge on any atom is 0.270 e. The Kier molecular flexibility index (Phi) is 6.71. The van der Waals surface area contributed by atoms with Gasteiger partial charge in [0.1, 0.15) is 5.69 Å². The van der Waals surface area contributed by atoms with Crippen LogP contribution in [0.2, 0.25) is 0 Å². The molecule has 0 saturated carbocycles. The molecule has 0 spiro atoms. The predicted octanol–water partition coefficient (Wildman–Crippen LogP) is 0.565. The van der Waals surface area contributed by atoms with Crippen LogP contribution in [-0.4, -0.2) is 68.6 Å². The van der Waals surface area contributed by atoms with Crippen molar-refractivity contribution >= 4 is 21.7 Å². The van der Waals surface area contributed by atoms with Crippen molar-refractivity contribution in [3.63, 3.8) is 0 Å². The van der Waals surface area contributed by atoms with Gasteiger partial charge in [-0.15, -0.1) is 0 Å². The maximum atomic E-state index is 12.3. The van der Waals surface area contributed by atoms with Gasteiger partial charge in [-0.3, -0.25) is 4.79 Å². The van der Waals surface area contributed by atoms with E-state index in [4.69, 9.17) is 4.74 Å². The van der Waals surface area contributed by atoms with Crippen molar-refractivity contribution in [1.29, 1.82) is 0 Å². The van der Waals surface area contributed by atoms with E-state index in [-0.39, 0.29) is 23.5 Å². The summed E-state index contributed by atoms with van der Waals surface area (Å²) in [7, 11) is -1.39. The standard InChI is InChI=1S/C16H26N4O4S/c1-4-20(13-6-9-25(22,23)11-13)16-18-12(2)10-14(19-16)15(21)17-7-5-8-24-3/h10,13H,4-9,11H2,1-3H3,(H,17,21). The van der Waals surface area contributed by atoms with Crippen LogP contribution in [0.4, 0.5) is 5.95 Å². The van der Waals surface area contributed by atoms with Crippen molar-refractivity contribution in [2.45, 2.75) is 32.7 Å². The second-order valence-corrected chi connectivity index (χ2v) is 8.37. The van der Waals surface area contributed by atoms with Crippen molar-refractivity contribution in [2.75, 3.05) is 43.2 Å². The molecule has 9 heteroatoms. The molecule has 0 aromatic carbocycles. The van der Waals surface area contributed by atoms with E-state index in [1.54, 1.807) is 20.1 Å². The largest absolute Gasteiger partial charge is 0.385 e. The molecule has 1 aliphatic heterocycles. The summed E-state index contributed by atoms with van der Waals surface area (Å²) in [6.45, 7) is 5.39. The predicted molar refractivity (Wildman–Crippen MR) is 95.7 cm³/mol. The minimum atomic E-state index is -3.00. The van der Waals surface area contributed by atoms with Gasteiger partial charge in [0.15, 0.2) is 9.84 Å². The average molecular weight is 370 g/mol. The fourth-order valence-corrected chi connectivity index (χ4v) is 4.62. The summed E-state index contributed by atoms with van der Waals surface area (Å²) < 4.78 is 28.5. The summed E-state index contributed by atoms with van der Waals surface area (Å²) >= 11 is 0. The van der Waals surface area contributed by atoms with Crippen LogP contribution in [-0.2, 0) is 14.6 Å². The minimum Gasteiger partial charge on any atom is -0.385 e. The van der Waals surface area contributed by atoms with Crippen molar-refractivity contribution in [2.24, 2.45) is 0 Å². The highest BCUT2D eigenvalue weighted by Crippen LogP contribution is 2.22. The van der Waals surface area contributed by atoms with Crippen LogP contribution >= 0.6 is 0 Å². The zero-order valence-electron chi connectivity index (χ0n) is 15.0. The molecule has 25 heavy (non-hydrogen) atoms. The van der Waals surface area contributed by atoms with E-state index in [9.17, 15) is 13.2 Å². The Bertz CT molecular complexity index is 708. The third-order valence-electron chi connectivity index (χ3n) is 4.13. The van der Waals surface area contributed by atoms with Crippen molar-refractivity contribution < 1.29 is 17.9 Å². The number of amides is 1. The zero-order valence-corrected chi connectivity index (χ0v) is 15.8. The number of hydrogen-bond acceptors (Lipinski definition) is 7. The number of anilines is 1. The summed E-state index contributed by atoms with van der Waals surface area (Å²) in [6, 6.07) is 1.49. The molecular weight excluding hydrogens is 344 g/mol. The number of aryl methyl sites for hydroxylation is 1. The molecule has 140 valence electrons. The average Bonchev–Trinajstić information content (AvgIpc) is 2.91. The second kappa shape index (κ2) is 8.57. The molecule has 2 rings (SSSR count). The highest BCUT2D eigenvalue weighted by Gasteiger charge is 2.33. The first-order valence-corrected chi connectivity index (χ1v) is 10.3.